The van der Waals surface area contributed by atoms with Crippen molar-refractivity contribution in [3.8, 4) is 5.69 Å². The molecule has 0 saturated carbocycles. The Morgan fingerprint density at radius 2 is 2.32 bits per heavy atom. The second kappa shape index (κ2) is 4.56. The van der Waals surface area contributed by atoms with Gasteiger partial charge in [-0.3, -0.25) is 4.40 Å². The maximum Gasteiger partial charge on any atom is 0.356 e. The van der Waals surface area contributed by atoms with Crippen LogP contribution in [0.5, 0.6) is 0 Å². The van der Waals surface area contributed by atoms with Crippen LogP contribution in [0.3, 0.4) is 0 Å². The molecular weight excluding hydrogens is 244 g/mol. The number of rotatable bonds is 3. The van der Waals surface area contributed by atoms with Crippen molar-refractivity contribution < 1.29 is 9.53 Å². The van der Waals surface area contributed by atoms with E-state index in [-0.39, 0.29) is 5.97 Å². The van der Waals surface area contributed by atoms with Gasteiger partial charge >= 0.3 is 5.97 Å². The molecule has 3 aromatic heterocycles. The number of hydrogen-bond acceptors (Lipinski definition) is 4. The molecular formula is C13H12N4O2. The molecule has 3 heterocycles. The number of imidazole rings is 2. The van der Waals surface area contributed by atoms with Gasteiger partial charge in [0, 0.05) is 18.6 Å². The molecule has 0 fully saturated rings. The van der Waals surface area contributed by atoms with Crippen LogP contribution < -0.4 is 0 Å². The van der Waals surface area contributed by atoms with E-state index < -0.39 is 0 Å². The van der Waals surface area contributed by atoms with E-state index in [2.05, 4.69) is 9.97 Å². The summed E-state index contributed by atoms with van der Waals surface area (Å²) >= 11 is 0. The smallest absolute Gasteiger partial charge is 0.356 e. The largest absolute Gasteiger partial charge is 0.461 e. The molecule has 0 bridgehead atoms. The summed E-state index contributed by atoms with van der Waals surface area (Å²) in [6, 6.07) is 3.76. The van der Waals surface area contributed by atoms with Crippen LogP contribution in [-0.4, -0.2) is 31.5 Å². The predicted octanol–water partition coefficient (Wildman–Crippen LogP) is 1.70. The zero-order valence-corrected chi connectivity index (χ0v) is 10.4. The van der Waals surface area contributed by atoms with Crippen LogP contribution in [0.1, 0.15) is 17.4 Å². The summed E-state index contributed by atoms with van der Waals surface area (Å²) in [5.41, 5.74) is 2.01. The fourth-order valence-electron chi connectivity index (χ4n) is 1.89. The number of hydrogen-bond donors (Lipinski definition) is 0. The molecule has 0 aliphatic rings. The average Bonchev–Trinajstić information content (AvgIpc) is 3.07. The Morgan fingerprint density at radius 3 is 3.05 bits per heavy atom. The van der Waals surface area contributed by atoms with Crippen LogP contribution in [0.15, 0.2) is 43.2 Å². The number of ether oxygens (including phenoxy) is 1. The maximum absolute atomic E-state index is 11.8. The number of nitrogens with zero attached hydrogens (tertiary/aromatic N) is 4. The lowest BCUT2D eigenvalue weighted by atomic mass is 10.4. The summed E-state index contributed by atoms with van der Waals surface area (Å²) in [5, 5.41) is 0. The number of carbonyl (C=O) groups excluding carboxylic acids is 1. The molecule has 0 N–H and O–H groups in total. The van der Waals surface area contributed by atoms with Gasteiger partial charge in [-0.2, -0.15) is 0 Å². The number of esters is 1. The van der Waals surface area contributed by atoms with Gasteiger partial charge in [-0.05, 0) is 19.1 Å². The Morgan fingerprint density at radius 1 is 1.42 bits per heavy atom. The summed E-state index contributed by atoms with van der Waals surface area (Å²) in [4.78, 5) is 20.0. The van der Waals surface area contributed by atoms with Gasteiger partial charge in [-0.25, -0.2) is 14.8 Å². The van der Waals surface area contributed by atoms with Crippen LogP contribution in [0.2, 0.25) is 0 Å². The van der Waals surface area contributed by atoms with Crippen molar-refractivity contribution in [2.24, 2.45) is 0 Å². The average molecular weight is 256 g/mol. The van der Waals surface area contributed by atoms with Crippen molar-refractivity contribution in [1.29, 1.82) is 0 Å². The van der Waals surface area contributed by atoms with Gasteiger partial charge in [0.15, 0.2) is 5.69 Å². The maximum atomic E-state index is 11.8. The predicted molar refractivity (Wildman–Crippen MR) is 68.3 cm³/mol. The molecule has 0 saturated heterocycles. The first-order valence-electron chi connectivity index (χ1n) is 5.92. The minimum absolute atomic E-state index is 0.341. The number of pyridine rings is 1. The Bertz CT molecular complexity index is 715. The zero-order valence-electron chi connectivity index (χ0n) is 10.4. The van der Waals surface area contributed by atoms with E-state index >= 15 is 0 Å². The van der Waals surface area contributed by atoms with E-state index in [0.29, 0.717) is 17.9 Å². The van der Waals surface area contributed by atoms with E-state index in [1.54, 1.807) is 23.8 Å². The fourth-order valence-corrected chi connectivity index (χ4v) is 1.89. The van der Waals surface area contributed by atoms with E-state index in [0.717, 1.165) is 5.69 Å². The van der Waals surface area contributed by atoms with Crippen LogP contribution in [-0.2, 0) is 4.74 Å². The Labute approximate surface area is 109 Å². The highest BCUT2D eigenvalue weighted by molar-refractivity contribution is 5.88. The first-order chi connectivity index (χ1) is 9.29. The third-order valence-electron chi connectivity index (χ3n) is 2.78. The monoisotopic (exact) mass is 256 g/mol. The molecule has 3 rings (SSSR count). The van der Waals surface area contributed by atoms with Gasteiger partial charge in [0.2, 0.25) is 0 Å². The third kappa shape index (κ3) is 1.97. The first kappa shape index (κ1) is 11.5. The highest BCUT2D eigenvalue weighted by Gasteiger charge is 2.13. The van der Waals surface area contributed by atoms with Crippen molar-refractivity contribution in [2.45, 2.75) is 6.92 Å². The number of aromatic nitrogens is 4. The second-order valence-electron chi connectivity index (χ2n) is 3.95. The molecule has 19 heavy (non-hydrogen) atoms. The van der Waals surface area contributed by atoms with E-state index in [1.165, 1.54) is 6.20 Å². The fraction of sp³-hybridized carbons (Fsp3) is 0.154. The minimum atomic E-state index is -0.377. The number of carbonyl (C=O) groups is 1. The highest BCUT2D eigenvalue weighted by Crippen LogP contribution is 2.13. The molecule has 6 heteroatoms. The van der Waals surface area contributed by atoms with Gasteiger partial charge in [0.1, 0.15) is 5.65 Å². The van der Waals surface area contributed by atoms with Crippen molar-refractivity contribution in [2.75, 3.05) is 6.61 Å². The van der Waals surface area contributed by atoms with Crippen LogP contribution >= 0.6 is 0 Å². The van der Waals surface area contributed by atoms with Crippen LogP contribution in [0.4, 0.5) is 0 Å². The Kier molecular flexibility index (Phi) is 2.75. The second-order valence-corrected chi connectivity index (χ2v) is 3.95. The van der Waals surface area contributed by atoms with E-state index in [1.807, 2.05) is 29.1 Å². The molecule has 0 unspecified atom stereocenters. The third-order valence-corrected chi connectivity index (χ3v) is 2.78. The highest BCUT2D eigenvalue weighted by atomic mass is 16.5. The first-order valence-corrected chi connectivity index (χ1v) is 5.92. The Hall–Kier alpha value is -2.63. The van der Waals surface area contributed by atoms with Gasteiger partial charge in [0.05, 0.1) is 24.8 Å². The van der Waals surface area contributed by atoms with Gasteiger partial charge in [-0.15, -0.1) is 0 Å². The van der Waals surface area contributed by atoms with Crippen molar-refractivity contribution in [3.05, 3.63) is 48.9 Å². The molecule has 0 aliphatic heterocycles. The topological polar surface area (TPSA) is 61.4 Å². The van der Waals surface area contributed by atoms with Crippen LogP contribution in [0.25, 0.3) is 11.3 Å². The summed E-state index contributed by atoms with van der Waals surface area (Å²) < 4.78 is 8.58. The molecule has 0 aromatic carbocycles. The Balaban J connectivity index is 2.10. The minimum Gasteiger partial charge on any atom is -0.461 e. The molecule has 3 aromatic rings. The molecule has 6 nitrogen and oxygen atoms in total. The van der Waals surface area contributed by atoms with E-state index in [4.69, 9.17) is 4.74 Å². The van der Waals surface area contributed by atoms with Gasteiger partial charge in [-0.1, -0.05) is 0 Å². The number of fused-ring (bicyclic) bond motifs is 1. The molecule has 0 atom stereocenters. The van der Waals surface area contributed by atoms with E-state index in [9.17, 15) is 4.79 Å². The van der Waals surface area contributed by atoms with Gasteiger partial charge < -0.3 is 9.30 Å². The summed E-state index contributed by atoms with van der Waals surface area (Å²) in [6.07, 6.45) is 8.58. The quantitative estimate of drug-likeness (QED) is 0.669. The normalized spacial score (nSPS) is 10.8. The molecule has 0 aliphatic carbocycles. The zero-order chi connectivity index (χ0) is 13.2. The lowest BCUT2D eigenvalue weighted by molar-refractivity contribution is 0.0518. The summed E-state index contributed by atoms with van der Waals surface area (Å²) in [6.45, 7) is 2.12. The van der Waals surface area contributed by atoms with Crippen molar-refractivity contribution >= 4 is 11.6 Å². The lowest BCUT2D eigenvalue weighted by Gasteiger charge is -2.05. The SMILES string of the molecule is CCOC(=O)c1cnc2ccc(-n3ccnc3)cn12. The van der Waals surface area contributed by atoms with Crippen molar-refractivity contribution in [3.63, 3.8) is 0 Å². The molecule has 96 valence electrons. The molecule has 0 amide bonds. The standard InChI is InChI=1S/C13H12N4O2/c1-2-19-13(18)11-7-15-12-4-3-10(8-17(11)12)16-6-5-14-9-16/h3-9H,2H2,1H3. The molecule has 0 radical (unpaired) electrons. The van der Waals surface area contributed by atoms with Crippen molar-refractivity contribution in [1.82, 2.24) is 18.9 Å². The molecule has 0 spiro atoms. The van der Waals surface area contributed by atoms with Crippen LogP contribution in [0, 0.1) is 0 Å². The summed E-state index contributed by atoms with van der Waals surface area (Å²) in [7, 11) is 0. The summed E-state index contributed by atoms with van der Waals surface area (Å²) in [5.74, 6) is -0.377. The lowest BCUT2D eigenvalue weighted by Crippen LogP contribution is -2.08. The van der Waals surface area contributed by atoms with Gasteiger partial charge in [0.25, 0.3) is 0 Å².